The number of hydrogen-bond acceptors (Lipinski definition) is 5. The summed E-state index contributed by atoms with van der Waals surface area (Å²) in [6.45, 7) is 0.656. The van der Waals surface area contributed by atoms with Gasteiger partial charge in [0, 0.05) is 5.56 Å². The van der Waals surface area contributed by atoms with Crippen LogP contribution in [0.1, 0.15) is 10.4 Å². The SMILES string of the molecule is COc1cc(C=O)ccc1OCC1CNC(=O)O1. The van der Waals surface area contributed by atoms with Crippen LogP contribution in [0.2, 0.25) is 0 Å². The van der Waals surface area contributed by atoms with Crippen LogP contribution in [0.4, 0.5) is 4.79 Å². The van der Waals surface area contributed by atoms with Gasteiger partial charge in [0.2, 0.25) is 0 Å². The van der Waals surface area contributed by atoms with Crippen LogP contribution in [0.15, 0.2) is 18.2 Å². The number of hydrogen-bond donors (Lipinski definition) is 1. The van der Waals surface area contributed by atoms with Crippen LogP contribution in [0, 0.1) is 0 Å². The Morgan fingerprint density at radius 1 is 1.50 bits per heavy atom. The molecule has 18 heavy (non-hydrogen) atoms. The molecule has 6 heteroatoms. The van der Waals surface area contributed by atoms with Crippen LogP contribution in [0.3, 0.4) is 0 Å². The van der Waals surface area contributed by atoms with Gasteiger partial charge in [0.25, 0.3) is 0 Å². The predicted molar refractivity (Wildman–Crippen MR) is 62.1 cm³/mol. The fourth-order valence-electron chi connectivity index (χ4n) is 1.58. The third-order valence-electron chi connectivity index (χ3n) is 2.50. The van der Waals surface area contributed by atoms with E-state index in [0.717, 1.165) is 6.29 Å². The minimum Gasteiger partial charge on any atom is -0.493 e. The summed E-state index contributed by atoms with van der Waals surface area (Å²) in [6, 6.07) is 4.86. The van der Waals surface area contributed by atoms with Crippen molar-refractivity contribution in [1.82, 2.24) is 5.32 Å². The molecule has 1 unspecified atom stereocenters. The predicted octanol–water partition coefficient (Wildman–Crippen LogP) is 0.995. The highest BCUT2D eigenvalue weighted by atomic mass is 16.6. The van der Waals surface area contributed by atoms with Crippen molar-refractivity contribution < 1.29 is 23.8 Å². The van der Waals surface area contributed by atoms with Crippen LogP contribution >= 0.6 is 0 Å². The van der Waals surface area contributed by atoms with Crippen LogP contribution in [-0.4, -0.2) is 38.7 Å². The molecule has 1 aliphatic rings. The molecule has 1 saturated heterocycles. The molecule has 1 fully saturated rings. The smallest absolute Gasteiger partial charge is 0.407 e. The molecule has 0 aromatic heterocycles. The van der Waals surface area contributed by atoms with Crippen LogP contribution in [0.25, 0.3) is 0 Å². The molecular formula is C12H13NO5. The van der Waals surface area contributed by atoms with Gasteiger partial charge in [-0.05, 0) is 18.2 Å². The molecule has 1 N–H and O–H groups in total. The monoisotopic (exact) mass is 251 g/mol. The second-order valence-electron chi connectivity index (χ2n) is 3.75. The summed E-state index contributed by atoms with van der Waals surface area (Å²) in [4.78, 5) is 21.4. The van der Waals surface area contributed by atoms with Crippen molar-refractivity contribution in [2.75, 3.05) is 20.3 Å². The summed E-state index contributed by atoms with van der Waals surface area (Å²) < 4.78 is 15.5. The van der Waals surface area contributed by atoms with Crippen molar-refractivity contribution >= 4 is 12.4 Å². The van der Waals surface area contributed by atoms with Gasteiger partial charge in [-0.15, -0.1) is 0 Å². The number of aldehydes is 1. The minimum atomic E-state index is -0.438. The van der Waals surface area contributed by atoms with E-state index in [-0.39, 0.29) is 12.7 Å². The lowest BCUT2D eigenvalue weighted by Crippen LogP contribution is -2.22. The maximum Gasteiger partial charge on any atom is 0.407 e. The lowest BCUT2D eigenvalue weighted by Gasteiger charge is -2.13. The Hall–Kier alpha value is -2.24. The topological polar surface area (TPSA) is 73.9 Å². The number of cyclic esters (lactones) is 1. The van der Waals surface area contributed by atoms with Gasteiger partial charge in [0.05, 0.1) is 13.7 Å². The maximum absolute atomic E-state index is 10.8. The highest BCUT2D eigenvalue weighted by Gasteiger charge is 2.23. The van der Waals surface area contributed by atoms with E-state index < -0.39 is 6.09 Å². The molecule has 96 valence electrons. The number of carbonyl (C=O) groups excluding carboxylic acids is 2. The third kappa shape index (κ3) is 2.71. The molecule has 0 saturated carbocycles. The second kappa shape index (κ2) is 5.39. The first kappa shape index (κ1) is 12.2. The Kier molecular flexibility index (Phi) is 3.66. The number of carbonyl (C=O) groups is 2. The van der Waals surface area contributed by atoms with E-state index >= 15 is 0 Å². The van der Waals surface area contributed by atoms with Gasteiger partial charge in [-0.1, -0.05) is 0 Å². The number of rotatable bonds is 5. The number of nitrogens with one attached hydrogen (secondary N) is 1. The molecule has 0 bridgehead atoms. The minimum absolute atomic E-state index is 0.232. The number of alkyl carbamates (subject to hydrolysis) is 1. The van der Waals surface area contributed by atoms with Gasteiger partial charge >= 0.3 is 6.09 Å². The molecular weight excluding hydrogens is 238 g/mol. The van der Waals surface area contributed by atoms with E-state index in [9.17, 15) is 9.59 Å². The normalized spacial score (nSPS) is 17.8. The molecule has 2 rings (SSSR count). The Morgan fingerprint density at radius 2 is 2.33 bits per heavy atom. The zero-order valence-corrected chi connectivity index (χ0v) is 9.84. The fraction of sp³-hybridized carbons (Fsp3) is 0.333. The second-order valence-corrected chi connectivity index (χ2v) is 3.75. The average molecular weight is 251 g/mol. The van der Waals surface area contributed by atoms with Gasteiger partial charge in [-0.2, -0.15) is 0 Å². The zero-order chi connectivity index (χ0) is 13.0. The van der Waals surface area contributed by atoms with Crippen molar-refractivity contribution in [3.8, 4) is 11.5 Å². The van der Waals surface area contributed by atoms with E-state index in [1.54, 1.807) is 18.2 Å². The van der Waals surface area contributed by atoms with Crippen LogP contribution in [0.5, 0.6) is 11.5 Å². The maximum atomic E-state index is 10.8. The summed E-state index contributed by atoms with van der Waals surface area (Å²) in [5.74, 6) is 0.975. The number of amides is 1. The summed E-state index contributed by atoms with van der Waals surface area (Å²) >= 11 is 0. The molecule has 0 aliphatic carbocycles. The van der Waals surface area contributed by atoms with E-state index in [1.807, 2.05) is 0 Å². The number of methoxy groups -OCH3 is 1. The van der Waals surface area contributed by atoms with Crippen LogP contribution < -0.4 is 14.8 Å². The van der Waals surface area contributed by atoms with Gasteiger partial charge in [0.1, 0.15) is 12.9 Å². The largest absolute Gasteiger partial charge is 0.493 e. The van der Waals surface area contributed by atoms with E-state index in [4.69, 9.17) is 14.2 Å². The van der Waals surface area contributed by atoms with Crippen molar-refractivity contribution in [2.24, 2.45) is 0 Å². The van der Waals surface area contributed by atoms with Gasteiger partial charge < -0.3 is 19.5 Å². The molecule has 1 aromatic rings. The Morgan fingerprint density at radius 3 is 2.94 bits per heavy atom. The van der Waals surface area contributed by atoms with Crippen molar-refractivity contribution in [3.63, 3.8) is 0 Å². The van der Waals surface area contributed by atoms with Crippen molar-refractivity contribution in [3.05, 3.63) is 23.8 Å². The molecule has 1 heterocycles. The van der Waals surface area contributed by atoms with Crippen molar-refractivity contribution in [2.45, 2.75) is 6.10 Å². The lowest BCUT2D eigenvalue weighted by atomic mass is 10.2. The zero-order valence-electron chi connectivity index (χ0n) is 9.84. The Bertz CT molecular complexity index is 460. The molecule has 6 nitrogen and oxygen atoms in total. The summed E-state index contributed by atoms with van der Waals surface area (Å²) in [6.07, 6.45) is -0.0190. The third-order valence-corrected chi connectivity index (χ3v) is 2.50. The molecule has 0 spiro atoms. The van der Waals surface area contributed by atoms with Crippen LogP contribution in [-0.2, 0) is 4.74 Å². The van der Waals surface area contributed by atoms with Gasteiger partial charge in [0.15, 0.2) is 17.6 Å². The summed E-state index contributed by atoms with van der Waals surface area (Å²) in [7, 11) is 1.49. The molecule has 1 aliphatic heterocycles. The molecule has 1 aromatic carbocycles. The lowest BCUT2D eigenvalue weighted by molar-refractivity contribution is 0.103. The first-order valence-corrected chi connectivity index (χ1v) is 5.43. The first-order chi connectivity index (χ1) is 8.72. The Labute approximate surface area is 104 Å². The molecule has 0 radical (unpaired) electrons. The average Bonchev–Trinajstić information content (AvgIpc) is 2.82. The van der Waals surface area contributed by atoms with E-state index in [0.29, 0.717) is 23.6 Å². The highest BCUT2D eigenvalue weighted by molar-refractivity contribution is 5.76. The fourth-order valence-corrected chi connectivity index (χ4v) is 1.58. The quantitative estimate of drug-likeness (QED) is 0.790. The van der Waals surface area contributed by atoms with Gasteiger partial charge in [-0.3, -0.25) is 4.79 Å². The number of benzene rings is 1. The van der Waals surface area contributed by atoms with E-state index in [1.165, 1.54) is 7.11 Å². The summed E-state index contributed by atoms with van der Waals surface area (Å²) in [5.41, 5.74) is 0.508. The Balaban J connectivity index is 2.00. The molecule has 1 atom stereocenters. The number of ether oxygens (including phenoxy) is 3. The molecule has 1 amide bonds. The summed E-state index contributed by atoms with van der Waals surface area (Å²) in [5, 5.41) is 2.53. The first-order valence-electron chi connectivity index (χ1n) is 5.43. The highest BCUT2D eigenvalue weighted by Crippen LogP contribution is 2.27. The van der Waals surface area contributed by atoms with Crippen molar-refractivity contribution in [1.29, 1.82) is 0 Å². The van der Waals surface area contributed by atoms with E-state index in [2.05, 4.69) is 5.32 Å². The van der Waals surface area contributed by atoms with Gasteiger partial charge in [-0.25, -0.2) is 4.79 Å². The standard InChI is InChI=1S/C12H13NO5/c1-16-11-4-8(6-14)2-3-10(11)17-7-9-5-13-12(15)18-9/h2-4,6,9H,5,7H2,1H3,(H,13,15).